The first-order valence-electron chi connectivity index (χ1n) is 5.78. The predicted octanol–water partition coefficient (Wildman–Crippen LogP) is 5.31. The van der Waals surface area contributed by atoms with Crippen LogP contribution in [0.25, 0.3) is 0 Å². The van der Waals surface area contributed by atoms with Crippen LogP contribution in [0, 0.1) is 17.8 Å². The van der Waals surface area contributed by atoms with Crippen LogP contribution in [-0.2, 0) is 4.52 Å². The van der Waals surface area contributed by atoms with Crippen LogP contribution in [0.3, 0.4) is 0 Å². The topological polar surface area (TPSA) is 9.23 Å². The molecule has 2 unspecified atom stereocenters. The highest BCUT2D eigenvalue weighted by Gasteiger charge is 2.41. The van der Waals surface area contributed by atoms with Crippen LogP contribution < -0.4 is 0 Å². The molecule has 3 aliphatic rings. The monoisotopic (exact) mass is 268 g/mol. The molecule has 3 saturated carbocycles. The summed E-state index contributed by atoms with van der Waals surface area (Å²) in [5.41, 5.74) is -0.0787. The summed E-state index contributed by atoms with van der Waals surface area (Å²) in [6.45, 7) is 3.24. The lowest BCUT2D eigenvalue weighted by atomic mass is 9.63. The normalized spacial score (nSPS) is 45.8. The third kappa shape index (κ3) is 3.22. The van der Waals surface area contributed by atoms with Crippen molar-refractivity contribution in [3.8, 4) is 0 Å². The van der Waals surface area contributed by atoms with Gasteiger partial charge in [0, 0.05) is 0 Å². The van der Waals surface area contributed by atoms with Crippen molar-refractivity contribution in [1.82, 2.24) is 0 Å². The number of rotatable bonds is 2. The standard InChI is InChI=1S/C11H19Cl2OP/c1-8-3-9-4-10(5-9)7-11(2,6-8)14-15(12)13/h8-10H,3-7H2,1-2H3. The van der Waals surface area contributed by atoms with E-state index in [9.17, 15) is 0 Å². The third-order valence-corrected chi connectivity index (χ3v) is 4.85. The van der Waals surface area contributed by atoms with E-state index in [0.717, 1.165) is 30.6 Å². The summed E-state index contributed by atoms with van der Waals surface area (Å²) in [4.78, 5) is 0. The van der Waals surface area contributed by atoms with Crippen LogP contribution >= 0.6 is 29.3 Å². The van der Waals surface area contributed by atoms with Crippen LogP contribution in [0.1, 0.15) is 46.0 Å². The molecule has 1 nitrogen and oxygen atoms in total. The Bertz CT molecular complexity index is 227. The average molecular weight is 269 g/mol. The fraction of sp³-hybridized carbons (Fsp3) is 1.00. The van der Waals surface area contributed by atoms with Crippen LogP contribution in [0.4, 0.5) is 0 Å². The molecule has 0 aromatic heterocycles. The Morgan fingerprint density at radius 1 is 1.13 bits per heavy atom. The van der Waals surface area contributed by atoms with Crippen molar-refractivity contribution in [2.75, 3.05) is 0 Å². The Balaban J connectivity index is 2.01. The van der Waals surface area contributed by atoms with Gasteiger partial charge in [0.15, 0.2) is 0 Å². The van der Waals surface area contributed by atoms with E-state index in [1.807, 2.05) is 0 Å². The van der Waals surface area contributed by atoms with Gasteiger partial charge in [-0.2, -0.15) is 0 Å². The van der Waals surface area contributed by atoms with Gasteiger partial charge in [-0.1, -0.05) is 6.92 Å². The van der Waals surface area contributed by atoms with Crippen molar-refractivity contribution in [2.45, 2.75) is 51.6 Å². The van der Waals surface area contributed by atoms with Gasteiger partial charge in [-0.15, -0.1) is 0 Å². The maximum absolute atomic E-state index is 5.81. The molecular formula is C11H19Cl2OP. The van der Waals surface area contributed by atoms with Gasteiger partial charge in [-0.3, -0.25) is 0 Å². The van der Waals surface area contributed by atoms with Crippen molar-refractivity contribution in [1.29, 1.82) is 0 Å². The molecule has 0 saturated heterocycles. The third-order valence-electron chi connectivity index (χ3n) is 3.86. The second-order valence-corrected chi connectivity index (χ2v) is 8.64. The molecule has 0 aromatic carbocycles. The van der Waals surface area contributed by atoms with Crippen molar-refractivity contribution in [3.63, 3.8) is 0 Å². The molecule has 3 rings (SSSR count). The number of halogens is 2. The first-order chi connectivity index (χ1) is 6.97. The van der Waals surface area contributed by atoms with E-state index < -0.39 is 6.85 Å². The SMILES string of the molecule is CC1CC2CC(C2)CC(C)(OP(Cl)Cl)C1. The Hall–Kier alpha value is 0.970. The summed E-state index contributed by atoms with van der Waals surface area (Å²) in [6.07, 6.45) is 6.40. The van der Waals surface area contributed by atoms with E-state index >= 15 is 0 Å². The second-order valence-electron chi connectivity index (χ2n) is 5.70. The molecular weight excluding hydrogens is 250 g/mol. The van der Waals surface area contributed by atoms with Gasteiger partial charge < -0.3 is 4.52 Å². The summed E-state index contributed by atoms with van der Waals surface area (Å²) in [5.74, 6) is 2.59. The van der Waals surface area contributed by atoms with Crippen molar-refractivity contribution >= 4 is 29.3 Å². The minimum Gasteiger partial charge on any atom is -0.325 e. The van der Waals surface area contributed by atoms with E-state index in [0.29, 0.717) is 0 Å². The van der Waals surface area contributed by atoms with Crippen LogP contribution in [0.15, 0.2) is 0 Å². The average Bonchev–Trinajstić information content (AvgIpc) is 1.94. The maximum Gasteiger partial charge on any atom is 0.226 e. The number of hydrogen-bond acceptors (Lipinski definition) is 1. The minimum absolute atomic E-state index is 0.0787. The second kappa shape index (κ2) is 4.69. The number of fused-ring (bicyclic) bond motifs is 4. The van der Waals surface area contributed by atoms with E-state index in [4.69, 9.17) is 27.0 Å². The van der Waals surface area contributed by atoms with Crippen molar-refractivity contribution in [3.05, 3.63) is 0 Å². The summed E-state index contributed by atoms with van der Waals surface area (Å²) < 4.78 is 5.78. The summed E-state index contributed by atoms with van der Waals surface area (Å²) in [7, 11) is 0. The molecule has 0 spiro atoms. The van der Waals surface area contributed by atoms with Gasteiger partial charge in [0.05, 0.1) is 5.60 Å². The Morgan fingerprint density at radius 2 is 1.80 bits per heavy atom. The lowest BCUT2D eigenvalue weighted by Gasteiger charge is -2.46. The molecule has 88 valence electrons. The highest BCUT2D eigenvalue weighted by atomic mass is 35.9. The van der Waals surface area contributed by atoms with Crippen LogP contribution in [0.5, 0.6) is 0 Å². The maximum atomic E-state index is 5.81. The smallest absolute Gasteiger partial charge is 0.226 e. The van der Waals surface area contributed by atoms with Crippen LogP contribution in [-0.4, -0.2) is 5.60 Å². The zero-order valence-corrected chi connectivity index (χ0v) is 11.8. The van der Waals surface area contributed by atoms with Gasteiger partial charge in [0.25, 0.3) is 0 Å². The molecule has 2 bridgehead atoms. The molecule has 0 N–H and O–H groups in total. The van der Waals surface area contributed by atoms with E-state index in [-0.39, 0.29) is 5.60 Å². The zero-order valence-electron chi connectivity index (χ0n) is 9.38. The fourth-order valence-electron chi connectivity index (χ4n) is 3.56. The van der Waals surface area contributed by atoms with Gasteiger partial charge in [-0.05, 0) is 79.3 Å². The number of hydrogen-bond donors (Lipinski definition) is 0. The molecule has 3 aliphatic carbocycles. The summed E-state index contributed by atoms with van der Waals surface area (Å²) in [5, 5.41) is 0. The lowest BCUT2D eigenvalue weighted by molar-refractivity contribution is -0.00860. The molecule has 3 fully saturated rings. The highest BCUT2D eigenvalue weighted by molar-refractivity contribution is 8.00. The summed E-state index contributed by atoms with van der Waals surface area (Å²) in [6, 6.07) is 0. The minimum atomic E-state index is -1.27. The van der Waals surface area contributed by atoms with E-state index in [1.165, 1.54) is 19.3 Å². The van der Waals surface area contributed by atoms with Gasteiger partial charge in [-0.25, -0.2) is 0 Å². The molecule has 0 aromatic rings. The molecule has 0 heterocycles. The van der Waals surface area contributed by atoms with E-state index in [2.05, 4.69) is 13.8 Å². The molecule has 4 heteroatoms. The lowest BCUT2D eigenvalue weighted by Crippen LogP contribution is -2.40. The Morgan fingerprint density at radius 3 is 2.40 bits per heavy atom. The molecule has 0 radical (unpaired) electrons. The Kier molecular flexibility index (Phi) is 3.88. The first-order valence-corrected chi connectivity index (χ1v) is 8.84. The Labute approximate surface area is 103 Å². The van der Waals surface area contributed by atoms with Crippen molar-refractivity contribution in [2.24, 2.45) is 17.8 Å². The van der Waals surface area contributed by atoms with Gasteiger partial charge >= 0.3 is 0 Å². The molecule has 15 heavy (non-hydrogen) atoms. The molecule has 0 aliphatic heterocycles. The predicted molar refractivity (Wildman–Crippen MR) is 67.3 cm³/mol. The zero-order chi connectivity index (χ0) is 11.1. The largest absolute Gasteiger partial charge is 0.325 e. The summed E-state index contributed by atoms with van der Waals surface area (Å²) >= 11 is 11.6. The highest BCUT2D eigenvalue weighted by Crippen LogP contribution is 2.56. The molecule has 2 atom stereocenters. The van der Waals surface area contributed by atoms with Crippen LogP contribution in [0.2, 0.25) is 0 Å². The van der Waals surface area contributed by atoms with Gasteiger partial charge in [0.1, 0.15) is 0 Å². The first kappa shape index (κ1) is 12.4. The van der Waals surface area contributed by atoms with Gasteiger partial charge in [0.2, 0.25) is 6.85 Å². The van der Waals surface area contributed by atoms with Crippen molar-refractivity contribution < 1.29 is 4.52 Å². The van der Waals surface area contributed by atoms with E-state index in [1.54, 1.807) is 0 Å². The quantitative estimate of drug-likeness (QED) is 0.617. The molecule has 0 amide bonds. The fourth-order valence-corrected chi connectivity index (χ4v) is 5.04.